The Balaban J connectivity index is 2.11. The van der Waals surface area contributed by atoms with Gasteiger partial charge in [-0.15, -0.1) is 0 Å². The molecule has 1 amide bonds. The second kappa shape index (κ2) is 6.21. The average Bonchev–Trinajstić information content (AvgIpc) is 3.27. The van der Waals surface area contributed by atoms with E-state index in [1.165, 1.54) is 25.3 Å². The Kier molecular flexibility index (Phi) is 4.36. The number of amides is 1. The van der Waals surface area contributed by atoms with Crippen molar-refractivity contribution < 1.29 is 19.2 Å². The van der Waals surface area contributed by atoms with Crippen LogP contribution in [0.4, 0.5) is 11.4 Å². The van der Waals surface area contributed by atoms with Crippen LogP contribution in [-0.4, -0.2) is 36.5 Å². The molecule has 0 unspecified atom stereocenters. The number of nitrogens with zero attached hydrogens (tertiary/aromatic N) is 1. The molecule has 1 aromatic carbocycles. The van der Waals surface area contributed by atoms with Crippen molar-refractivity contribution in [2.24, 2.45) is 0 Å². The summed E-state index contributed by atoms with van der Waals surface area (Å²) in [6, 6.07) is 4.02. The molecule has 1 aromatic rings. The minimum Gasteiger partial charge on any atom is -0.465 e. The van der Waals surface area contributed by atoms with Gasteiger partial charge < -0.3 is 15.4 Å². The van der Waals surface area contributed by atoms with Crippen LogP contribution < -0.4 is 10.6 Å². The lowest BCUT2D eigenvalue weighted by atomic mass is 10.1. The number of nitrogens with one attached hydrogen (secondary N) is 2. The number of hydrogen-bond acceptors (Lipinski definition) is 6. The van der Waals surface area contributed by atoms with Gasteiger partial charge in [-0.25, -0.2) is 4.79 Å². The highest BCUT2D eigenvalue weighted by molar-refractivity contribution is 5.92. The summed E-state index contributed by atoms with van der Waals surface area (Å²) in [7, 11) is 1.22. The fourth-order valence-electron chi connectivity index (χ4n) is 1.76. The largest absolute Gasteiger partial charge is 0.465 e. The maximum atomic E-state index is 11.6. The summed E-state index contributed by atoms with van der Waals surface area (Å²) < 4.78 is 4.56. The van der Waals surface area contributed by atoms with E-state index in [-0.39, 0.29) is 35.4 Å². The highest BCUT2D eigenvalue weighted by Crippen LogP contribution is 2.25. The van der Waals surface area contributed by atoms with E-state index >= 15 is 0 Å². The van der Waals surface area contributed by atoms with Crippen molar-refractivity contribution in [1.82, 2.24) is 5.32 Å². The van der Waals surface area contributed by atoms with Crippen LogP contribution in [0.25, 0.3) is 0 Å². The molecule has 1 aliphatic carbocycles. The highest BCUT2D eigenvalue weighted by atomic mass is 16.6. The van der Waals surface area contributed by atoms with Gasteiger partial charge >= 0.3 is 5.97 Å². The van der Waals surface area contributed by atoms with Gasteiger partial charge in [-0.2, -0.15) is 0 Å². The van der Waals surface area contributed by atoms with Crippen molar-refractivity contribution >= 4 is 23.3 Å². The molecule has 0 aliphatic heterocycles. The first kappa shape index (κ1) is 14.8. The normalized spacial score (nSPS) is 13.4. The number of nitro groups is 1. The van der Waals surface area contributed by atoms with Crippen molar-refractivity contribution in [3.8, 4) is 0 Å². The number of nitro benzene ring substituents is 1. The number of hydrogen-bond donors (Lipinski definition) is 2. The smallest absolute Gasteiger partial charge is 0.337 e. The van der Waals surface area contributed by atoms with Crippen LogP contribution in [0.1, 0.15) is 23.2 Å². The zero-order valence-corrected chi connectivity index (χ0v) is 11.4. The van der Waals surface area contributed by atoms with Crippen molar-refractivity contribution in [2.75, 3.05) is 19.0 Å². The molecule has 0 bridgehead atoms. The van der Waals surface area contributed by atoms with Crippen molar-refractivity contribution in [2.45, 2.75) is 18.9 Å². The first-order valence-corrected chi connectivity index (χ1v) is 6.41. The van der Waals surface area contributed by atoms with Crippen LogP contribution in [0.2, 0.25) is 0 Å². The minimum atomic E-state index is -0.602. The van der Waals surface area contributed by atoms with E-state index < -0.39 is 10.9 Å². The Morgan fingerprint density at radius 2 is 2.14 bits per heavy atom. The van der Waals surface area contributed by atoms with Crippen LogP contribution in [0.3, 0.4) is 0 Å². The number of benzene rings is 1. The molecule has 0 spiro atoms. The second-order valence-corrected chi connectivity index (χ2v) is 4.68. The Hall–Kier alpha value is -2.64. The number of carbonyl (C=O) groups excluding carboxylic acids is 2. The number of rotatable bonds is 6. The minimum absolute atomic E-state index is 0.0953. The lowest BCUT2D eigenvalue weighted by molar-refractivity contribution is -0.383. The summed E-state index contributed by atoms with van der Waals surface area (Å²) in [5.41, 5.74) is 0.0731. The van der Waals surface area contributed by atoms with E-state index in [1.807, 2.05) is 0 Å². The first-order chi connectivity index (χ1) is 10.0. The van der Waals surface area contributed by atoms with Crippen LogP contribution in [0.5, 0.6) is 0 Å². The highest BCUT2D eigenvalue weighted by Gasteiger charge is 2.23. The maximum Gasteiger partial charge on any atom is 0.337 e. The van der Waals surface area contributed by atoms with Crippen LogP contribution in [0.15, 0.2) is 18.2 Å². The summed E-state index contributed by atoms with van der Waals surface area (Å²) in [6.45, 7) is -0.0953. The fourth-order valence-corrected chi connectivity index (χ4v) is 1.76. The molecule has 1 aliphatic rings. The Morgan fingerprint density at radius 1 is 1.43 bits per heavy atom. The number of carbonyl (C=O) groups is 2. The van der Waals surface area contributed by atoms with Crippen LogP contribution in [0, 0.1) is 10.1 Å². The van der Waals surface area contributed by atoms with Gasteiger partial charge in [-0.3, -0.25) is 14.9 Å². The second-order valence-electron chi connectivity index (χ2n) is 4.68. The van der Waals surface area contributed by atoms with Crippen molar-refractivity contribution in [1.29, 1.82) is 0 Å². The Bertz CT molecular complexity index is 583. The predicted octanol–water partition coefficient (Wildman–Crippen LogP) is 1.07. The predicted molar refractivity (Wildman–Crippen MR) is 74.1 cm³/mol. The number of methoxy groups -OCH3 is 1. The van der Waals surface area contributed by atoms with Gasteiger partial charge in [-0.05, 0) is 25.0 Å². The molecule has 0 atom stereocenters. The van der Waals surface area contributed by atoms with E-state index in [2.05, 4.69) is 15.4 Å². The zero-order valence-electron chi connectivity index (χ0n) is 11.4. The molecule has 112 valence electrons. The Morgan fingerprint density at radius 3 is 2.71 bits per heavy atom. The van der Waals surface area contributed by atoms with Gasteiger partial charge in [0.1, 0.15) is 5.69 Å². The lowest BCUT2D eigenvalue weighted by Gasteiger charge is -2.09. The third-order valence-corrected chi connectivity index (χ3v) is 3.00. The maximum absolute atomic E-state index is 11.6. The molecule has 1 saturated carbocycles. The van der Waals surface area contributed by atoms with E-state index in [0.717, 1.165) is 12.8 Å². The number of esters is 1. The zero-order chi connectivity index (χ0) is 15.4. The summed E-state index contributed by atoms with van der Waals surface area (Å²) in [5.74, 6) is -0.842. The van der Waals surface area contributed by atoms with E-state index in [1.54, 1.807) is 0 Å². The molecule has 8 heteroatoms. The lowest BCUT2D eigenvalue weighted by Crippen LogP contribution is -2.31. The standard InChI is InChI=1S/C13H15N3O5/c1-21-13(18)8-2-5-11(16(19)20)10(6-8)14-7-12(17)15-9-3-4-9/h2,5-6,9,14H,3-4,7H2,1H3,(H,15,17). The first-order valence-electron chi connectivity index (χ1n) is 6.41. The molecular formula is C13H15N3O5. The quantitative estimate of drug-likeness (QED) is 0.461. The number of ether oxygens (including phenoxy) is 1. The molecular weight excluding hydrogens is 278 g/mol. The van der Waals surface area contributed by atoms with Crippen LogP contribution >= 0.6 is 0 Å². The molecule has 1 fully saturated rings. The molecule has 0 heterocycles. The van der Waals surface area contributed by atoms with Gasteiger partial charge in [0.25, 0.3) is 5.69 Å². The molecule has 0 aromatic heterocycles. The van der Waals surface area contributed by atoms with Crippen LogP contribution in [-0.2, 0) is 9.53 Å². The SMILES string of the molecule is COC(=O)c1ccc([N+](=O)[O-])c(NCC(=O)NC2CC2)c1. The average molecular weight is 293 g/mol. The van der Waals surface area contributed by atoms with E-state index in [4.69, 9.17) is 0 Å². The molecule has 2 rings (SSSR count). The third-order valence-electron chi connectivity index (χ3n) is 3.00. The molecule has 0 saturated heterocycles. The summed E-state index contributed by atoms with van der Waals surface area (Å²) in [4.78, 5) is 33.4. The fraction of sp³-hybridized carbons (Fsp3) is 0.385. The molecule has 0 radical (unpaired) electrons. The molecule has 21 heavy (non-hydrogen) atoms. The van der Waals surface area contributed by atoms with E-state index in [0.29, 0.717) is 0 Å². The summed E-state index contributed by atoms with van der Waals surface area (Å²) >= 11 is 0. The van der Waals surface area contributed by atoms with Gasteiger partial charge in [0.05, 0.1) is 24.1 Å². The Labute approximate surface area is 120 Å². The molecule has 2 N–H and O–H groups in total. The van der Waals surface area contributed by atoms with Gasteiger partial charge in [-0.1, -0.05) is 0 Å². The summed E-state index contributed by atoms with van der Waals surface area (Å²) in [6.07, 6.45) is 1.92. The van der Waals surface area contributed by atoms with Gasteiger partial charge in [0.15, 0.2) is 0 Å². The van der Waals surface area contributed by atoms with Crippen molar-refractivity contribution in [3.05, 3.63) is 33.9 Å². The van der Waals surface area contributed by atoms with Gasteiger partial charge in [0, 0.05) is 12.1 Å². The third kappa shape index (κ3) is 3.91. The summed E-state index contributed by atoms with van der Waals surface area (Å²) in [5, 5.41) is 16.4. The van der Waals surface area contributed by atoms with Crippen molar-refractivity contribution in [3.63, 3.8) is 0 Å². The van der Waals surface area contributed by atoms with Gasteiger partial charge in [0.2, 0.25) is 5.91 Å². The number of anilines is 1. The van der Waals surface area contributed by atoms with E-state index in [9.17, 15) is 19.7 Å². The molecule has 8 nitrogen and oxygen atoms in total. The topological polar surface area (TPSA) is 111 Å². The monoisotopic (exact) mass is 293 g/mol.